The number of aliphatic hydroxyl groups excluding tert-OH is 1. The molecule has 0 spiro atoms. The number of nitrogens with zero attached hydrogens (tertiary/aromatic N) is 2. The van der Waals surface area contributed by atoms with Crippen LogP contribution in [0.2, 0.25) is 0 Å². The molecule has 9 heteroatoms. The van der Waals surface area contributed by atoms with Crippen LogP contribution in [0.5, 0.6) is 11.5 Å². The Labute approximate surface area is 336 Å². The van der Waals surface area contributed by atoms with Crippen LogP contribution in [0.25, 0.3) is 11.1 Å². The zero-order valence-electron chi connectivity index (χ0n) is 32.8. The summed E-state index contributed by atoms with van der Waals surface area (Å²) in [5, 5.41) is 15.6. The number of urea groups is 1. The minimum Gasteiger partial charge on any atom is -0.457 e. The molecule has 8 rings (SSSR count). The predicted molar refractivity (Wildman–Crippen MR) is 224 cm³/mol. The number of hydrogen-bond acceptors (Lipinski definition) is 7. The summed E-state index contributed by atoms with van der Waals surface area (Å²) in [5.74, 6) is 1.58. The van der Waals surface area contributed by atoms with Crippen LogP contribution in [0.1, 0.15) is 67.3 Å². The van der Waals surface area contributed by atoms with Gasteiger partial charge < -0.3 is 34.9 Å². The van der Waals surface area contributed by atoms with Gasteiger partial charge in [0, 0.05) is 42.8 Å². The number of carbonyl (C=O) groups is 1. The lowest BCUT2D eigenvalue weighted by Crippen LogP contribution is -2.48. The van der Waals surface area contributed by atoms with Crippen LogP contribution in [0, 0.1) is 5.92 Å². The molecule has 3 heterocycles. The number of benzene rings is 5. The number of likely N-dealkylation sites (tertiary alicyclic amines) is 2. The lowest BCUT2D eigenvalue weighted by atomic mass is 9.89. The second-order valence-corrected chi connectivity index (χ2v) is 15.7. The minimum atomic E-state index is -0.541. The number of nitrogens with one attached hydrogen (secondary N) is 2. The average Bonchev–Trinajstić information content (AvgIpc) is 3.94. The van der Waals surface area contributed by atoms with Crippen LogP contribution >= 0.6 is 0 Å². The Kier molecular flexibility index (Phi) is 12.6. The van der Waals surface area contributed by atoms with E-state index in [0.717, 1.165) is 58.8 Å². The number of para-hydroxylation sites is 1. The van der Waals surface area contributed by atoms with Gasteiger partial charge in [-0.1, -0.05) is 85.8 Å². The number of amides is 2. The highest BCUT2D eigenvalue weighted by Crippen LogP contribution is 2.43. The Morgan fingerprint density at radius 2 is 1.47 bits per heavy atom. The zero-order valence-corrected chi connectivity index (χ0v) is 32.8. The Balaban J connectivity index is 0.937. The third-order valence-corrected chi connectivity index (χ3v) is 11.7. The standard InChI is InChI=1S/C48H54N4O5/c1-34-45(32-52-27-9-14-42(52)31-51-25-5-6-26-51)56-47(57-46(34)37-19-17-35(33-53)18-20-37)40-13-8-12-39(29-40)38-11-7-10-36(28-38)30-49-48(54)50-41-21-23-44(24-22-41)55-43-15-3-2-4-16-43/h2-4,7-8,10-13,15-24,28-29,34,42,45-47,53H,5-6,9,14,25-27,30-33H2,1H3,(H2,49,50,54)/t34-,42-,45+,46+,47+/m0/s1. The van der Waals surface area contributed by atoms with E-state index >= 15 is 0 Å². The van der Waals surface area contributed by atoms with Crippen molar-refractivity contribution in [1.29, 1.82) is 0 Å². The topological polar surface area (TPSA) is 95.5 Å². The van der Waals surface area contributed by atoms with Crippen LogP contribution < -0.4 is 15.4 Å². The van der Waals surface area contributed by atoms with Crippen molar-refractivity contribution in [2.75, 3.05) is 38.0 Å². The van der Waals surface area contributed by atoms with Gasteiger partial charge in [0.05, 0.1) is 18.8 Å². The number of hydrogen-bond donors (Lipinski definition) is 3. The molecule has 0 aromatic heterocycles. The molecule has 296 valence electrons. The van der Waals surface area contributed by atoms with Crippen molar-refractivity contribution < 1.29 is 24.1 Å². The molecule has 3 saturated heterocycles. The van der Waals surface area contributed by atoms with Gasteiger partial charge in [0.15, 0.2) is 6.29 Å². The molecule has 3 aliphatic heterocycles. The van der Waals surface area contributed by atoms with Gasteiger partial charge >= 0.3 is 6.03 Å². The number of rotatable bonds is 13. The first-order chi connectivity index (χ1) is 28.0. The van der Waals surface area contributed by atoms with E-state index in [2.05, 4.69) is 75.9 Å². The van der Waals surface area contributed by atoms with Crippen molar-refractivity contribution in [3.05, 3.63) is 150 Å². The smallest absolute Gasteiger partial charge is 0.319 e. The molecule has 0 saturated carbocycles. The Morgan fingerprint density at radius 1 is 0.737 bits per heavy atom. The first kappa shape index (κ1) is 38.8. The van der Waals surface area contributed by atoms with Crippen molar-refractivity contribution in [1.82, 2.24) is 15.1 Å². The minimum absolute atomic E-state index is 0.0147. The van der Waals surface area contributed by atoms with Crippen LogP contribution in [0.3, 0.4) is 0 Å². The van der Waals surface area contributed by atoms with Crippen LogP contribution in [0.4, 0.5) is 10.5 Å². The largest absolute Gasteiger partial charge is 0.457 e. The summed E-state index contributed by atoms with van der Waals surface area (Å²) in [7, 11) is 0. The van der Waals surface area contributed by atoms with Crippen LogP contribution in [-0.4, -0.2) is 65.8 Å². The van der Waals surface area contributed by atoms with Gasteiger partial charge in [0.1, 0.15) is 11.5 Å². The molecule has 9 nitrogen and oxygen atoms in total. The maximum atomic E-state index is 12.9. The van der Waals surface area contributed by atoms with Gasteiger partial charge in [-0.15, -0.1) is 0 Å². The molecular weight excluding hydrogens is 713 g/mol. The third-order valence-electron chi connectivity index (χ3n) is 11.7. The molecule has 2 amide bonds. The molecule has 3 aliphatic rings. The first-order valence-electron chi connectivity index (χ1n) is 20.5. The maximum absolute atomic E-state index is 12.9. The number of aliphatic hydroxyl groups is 1. The van der Waals surface area contributed by atoms with Crippen molar-refractivity contribution in [3.63, 3.8) is 0 Å². The molecule has 3 fully saturated rings. The molecular formula is C48H54N4O5. The lowest BCUT2D eigenvalue weighted by molar-refractivity contribution is -0.276. The first-order valence-corrected chi connectivity index (χ1v) is 20.5. The van der Waals surface area contributed by atoms with E-state index in [1.54, 1.807) is 0 Å². The van der Waals surface area contributed by atoms with E-state index in [1.165, 1.54) is 38.8 Å². The summed E-state index contributed by atoms with van der Waals surface area (Å²) < 4.78 is 19.7. The summed E-state index contributed by atoms with van der Waals surface area (Å²) in [6, 6.07) is 42.0. The fraction of sp³-hybridized carbons (Fsp3) is 0.354. The lowest BCUT2D eigenvalue weighted by Gasteiger charge is -2.43. The van der Waals surface area contributed by atoms with E-state index in [0.29, 0.717) is 24.0 Å². The Hall–Kier alpha value is -5.03. The highest BCUT2D eigenvalue weighted by Gasteiger charge is 2.41. The maximum Gasteiger partial charge on any atom is 0.319 e. The van der Waals surface area contributed by atoms with Crippen molar-refractivity contribution in [3.8, 4) is 22.6 Å². The normalized spacial score (nSPS) is 22.7. The van der Waals surface area contributed by atoms with Crippen molar-refractivity contribution in [2.45, 2.75) is 70.3 Å². The molecule has 57 heavy (non-hydrogen) atoms. The summed E-state index contributed by atoms with van der Waals surface area (Å²) in [6.07, 6.45) is 4.37. The van der Waals surface area contributed by atoms with Gasteiger partial charge in [-0.3, -0.25) is 4.90 Å². The fourth-order valence-electron chi connectivity index (χ4n) is 8.48. The molecule has 3 N–H and O–H groups in total. The highest BCUT2D eigenvalue weighted by molar-refractivity contribution is 5.89. The zero-order chi connectivity index (χ0) is 39.0. The van der Waals surface area contributed by atoms with Crippen LogP contribution in [-0.2, 0) is 22.6 Å². The summed E-state index contributed by atoms with van der Waals surface area (Å²) >= 11 is 0. The third kappa shape index (κ3) is 9.93. The highest BCUT2D eigenvalue weighted by atomic mass is 16.7. The van der Waals surface area contributed by atoms with E-state index < -0.39 is 6.29 Å². The van der Waals surface area contributed by atoms with Gasteiger partial charge in [0.25, 0.3) is 0 Å². The summed E-state index contributed by atoms with van der Waals surface area (Å²) in [5.41, 5.74) is 6.71. The summed E-state index contributed by atoms with van der Waals surface area (Å²) in [4.78, 5) is 18.2. The second kappa shape index (κ2) is 18.5. The van der Waals surface area contributed by atoms with Gasteiger partial charge in [-0.05, 0) is 122 Å². The molecule has 0 aliphatic carbocycles. The van der Waals surface area contributed by atoms with Gasteiger partial charge in [-0.25, -0.2) is 4.79 Å². The second-order valence-electron chi connectivity index (χ2n) is 15.7. The molecule has 5 aromatic rings. The Bertz CT molecular complexity index is 2050. The van der Waals surface area contributed by atoms with Crippen LogP contribution in [0.15, 0.2) is 127 Å². The number of anilines is 1. The molecule has 5 aromatic carbocycles. The van der Waals surface area contributed by atoms with Crippen molar-refractivity contribution >= 4 is 11.7 Å². The van der Waals surface area contributed by atoms with Gasteiger partial charge in [-0.2, -0.15) is 0 Å². The predicted octanol–water partition coefficient (Wildman–Crippen LogP) is 9.31. The van der Waals surface area contributed by atoms with E-state index in [4.69, 9.17) is 14.2 Å². The molecule has 5 atom stereocenters. The molecule has 0 radical (unpaired) electrons. The van der Waals surface area contributed by atoms with E-state index in [-0.39, 0.29) is 30.8 Å². The quantitative estimate of drug-likeness (QED) is 0.110. The number of ether oxygens (including phenoxy) is 3. The average molecular weight is 767 g/mol. The molecule has 0 unspecified atom stereocenters. The van der Waals surface area contributed by atoms with E-state index in [1.807, 2.05) is 78.9 Å². The summed E-state index contributed by atoms with van der Waals surface area (Å²) in [6.45, 7) is 8.20. The van der Waals surface area contributed by atoms with Gasteiger partial charge in [0.2, 0.25) is 0 Å². The number of carbonyl (C=O) groups excluding carboxylic acids is 1. The van der Waals surface area contributed by atoms with Crippen molar-refractivity contribution in [2.24, 2.45) is 5.92 Å². The fourth-order valence-corrected chi connectivity index (χ4v) is 8.48. The van der Waals surface area contributed by atoms with E-state index in [9.17, 15) is 9.90 Å². The monoisotopic (exact) mass is 766 g/mol. The Morgan fingerprint density at radius 3 is 2.25 bits per heavy atom. The molecule has 0 bridgehead atoms. The SMILES string of the molecule is C[C@H]1[C@@H](CN2CCC[C@H]2CN2CCCC2)O[C@@H](c2cccc(-c3cccc(CNC(=O)Nc4ccc(Oc5ccccc5)cc4)c3)c2)O[C@H]1c1ccc(CO)cc1.